The second kappa shape index (κ2) is 12.0. The fourth-order valence-corrected chi connectivity index (χ4v) is 5.73. The molecular formula is C26H37NO5S. The maximum atomic E-state index is 13.8. The standard InChI is InChI=1S/C26H37NO5S/c1-17(2)4-13-22-16-23(24(33-22)26(30)31)27(25(29)19-7-5-18(3)6-8-19)20-9-11-21(12-10-20)32-15-14-28/h16-21,28H,5-12,14-15H2,1-3H3,(H,30,31)/t18?,19?,20-,21+. The number of carboxylic acids is 1. The van der Waals surface area contributed by atoms with Crippen molar-refractivity contribution in [1.82, 2.24) is 0 Å². The van der Waals surface area contributed by atoms with E-state index in [1.165, 1.54) is 0 Å². The van der Waals surface area contributed by atoms with E-state index in [0.29, 0.717) is 23.1 Å². The van der Waals surface area contributed by atoms with Gasteiger partial charge in [0.1, 0.15) is 4.88 Å². The maximum Gasteiger partial charge on any atom is 0.348 e. The summed E-state index contributed by atoms with van der Waals surface area (Å²) < 4.78 is 5.71. The summed E-state index contributed by atoms with van der Waals surface area (Å²) >= 11 is 1.16. The van der Waals surface area contributed by atoms with E-state index in [2.05, 4.69) is 18.8 Å². The molecule has 1 aromatic heterocycles. The van der Waals surface area contributed by atoms with Gasteiger partial charge in [-0.3, -0.25) is 4.79 Å². The lowest BCUT2D eigenvalue weighted by Gasteiger charge is -2.39. The van der Waals surface area contributed by atoms with Gasteiger partial charge in [-0.15, -0.1) is 11.3 Å². The highest BCUT2D eigenvalue weighted by Gasteiger charge is 2.37. The zero-order chi connectivity index (χ0) is 24.0. The molecule has 33 heavy (non-hydrogen) atoms. The Bertz CT molecular complexity index is 867. The van der Waals surface area contributed by atoms with Crippen molar-refractivity contribution in [2.45, 2.75) is 84.3 Å². The topological polar surface area (TPSA) is 87.1 Å². The molecule has 0 spiro atoms. The number of thiophene rings is 1. The Hall–Kier alpha value is -1.88. The first-order valence-corrected chi connectivity index (χ1v) is 13.1. The van der Waals surface area contributed by atoms with Gasteiger partial charge in [-0.05, 0) is 63.4 Å². The average molecular weight is 476 g/mol. The van der Waals surface area contributed by atoms with Crippen LogP contribution in [0.3, 0.4) is 0 Å². The van der Waals surface area contributed by atoms with Crippen molar-refractivity contribution < 1.29 is 24.5 Å². The summed E-state index contributed by atoms with van der Waals surface area (Å²) in [5.41, 5.74) is 0.504. The first-order chi connectivity index (χ1) is 15.8. The number of carbonyl (C=O) groups excluding carboxylic acids is 1. The summed E-state index contributed by atoms with van der Waals surface area (Å²) in [5.74, 6) is 6.01. The van der Waals surface area contributed by atoms with Crippen LogP contribution in [0.1, 0.15) is 86.7 Å². The van der Waals surface area contributed by atoms with E-state index in [-0.39, 0.29) is 41.4 Å². The highest BCUT2D eigenvalue weighted by atomic mass is 32.1. The first-order valence-electron chi connectivity index (χ1n) is 12.2. The first kappa shape index (κ1) is 25.7. The second-order valence-electron chi connectivity index (χ2n) is 9.74. The van der Waals surface area contributed by atoms with Gasteiger partial charge in [-0.1, -0.05) is 32.6 Å². The van der Waals surface area contributed by atoms with Gasteiger partial charge in [0.05, 0.1) is 29.9 Å². The van der Waals surface area contributed by atoms with E-state index >= 15 is 0 Å². The van der Waals surface area contributed by atoms with Crippen LogP contribution in [0.25, 0.3) is 0 Å². The fraction of sp³-hybridized carbons (Fsp3) is 0.692. The van der Waals surface area contributed by atoms with Crippen molar-refractivity contribution in [2.24, 2.45) is 17.8 Å². The molecule has 2 aliphatic rings. The van der Waals surface area contributed by atoms with Gasteiger partial charge in [0, 0.05) is 17.9 Å². The van der Waals surface area contributed by atoms with Crippen LogP contribution in [0, 0.1) is 29.6 Å². The van der Waals surface area contributed by atoms with E-state index in [4.69, 9.17) is 9.84 Å². The Labute approximate surface area is 201 Å². The molecule has 0 radical (unpaired) electrons. The number of nitrogens with zero attached hydrogens (tertiary/aromatic N) is 1. The number of amides is 1. The SMILES string of the molecule is CC(C)C#Cc1cc(N(C(=O)C2CCC(C)CC2)[C@H]2CC[C@@H](OCCO)CC2)c(C(=O)O)s1. The summed E-state index contributed by atoms with van der Waals surface area (Å²) in [4.78, 5) is 28.7. The number of aliphatic hydroxyl groups is 1. The van der Waals surface area contributed by atoms with E-state index in [1.807, 2.05) is 18.7 Å². The molecule has 1 aromatic rings. The van der Waals surface area contributed by atoms with Crippen LogP contribution >= 0.6 is 11.3 Å². The molecule has 1 amide bonds. The van der Waals surface area contributed by atoms with Gasteiger partial charge >= 0.3 is 5.97 Å². The summed E-state index contributed by atoms with van der Waals surface area (Å²) in [5, 5.41) is 19.0. The van der Waals surface area contributed by atoms with E-state index in [1.54, 1.807) is 6.07 Å². The lowest BCUT2D eigenvalue weighted by molar-refractivity contribution is -0.124. The lowest BCUT2D eigenvalue weighted by Crippen LogP contribution is -2.47. The highest BCUT2D eigenvalue weighted by Crippen LogP contribution is 2.39. The third kappa shape index (κ3) is 6.81. The van der Waals surface area contributed by atoms with E-state index in [0.717, 1.165) is 62.7 Å². The Kier molecular flexibility index (Phi) is 9.37. The molecule has 0 atom stereocenters. The number of hydrogen-bond donors (Lipinski definition) is 2. The van der Waals surface area contributed by atoms with Crippen LogP contribution in [0.2, 0.25) is 0 Å². The van der Waals surface area contributed by atoms with Crippen molar-refractivity contribution in [2.75, 3.05) is 18.1 Å². The lowest BCUT2D eigenvalue weighted by atomic mass is 9.81. The molecule has 3 rings (SSSR count). The molecule has 2 aliphatic carbocycles. The van der Waals surface area contributed by atoms with Crippen LogP contribution < -0.4 is 4.90 Å². The zero-order valence-electron chi connectivity index (χ0n) is 20.0. The molecule has 2 saturated carbocycles. The minimum atomic E-state index is -1.01. The Morgan fingerprint density at radius 2 is 1.82 bits per heavy atom. The minimum Gasteiger partial charge on any atom is -0.477 e. The van der Waals surface area contributed by atoms with Gasteiger partial charge in [0.2, 0.25) is 5.91 Å². The van der Waals surface area contributed by atoms with Crippen molar-refractivity contribution >= 4 is 28.9 Å². The van der Waals surface area contributed by atoms with Gasteiger partial charge in [0.15, 0.2) is 0 Å². The van der Waals surface area contributed by atoms with Crippen molar-refractivity contribution in [3.63, 3.8) is 0 Å². The molecular weight excluding hydrogens is 438 g/mol. The van der Waals surface area contributed by atoms with Gasteiger partial charge in [0.25, 0.3) is 0 Å². The van der Waals surface area contributed by atoms with Crippen LogP contribution in [0.4, 0.5) is 5.69 Å². The molecule has 0 aliphatic heterocycles. The Balaban J connectivity index is 1.91. The van der Waals surface area contributed by atoms with E-state index < -0.39 is 5.97 Å². The van der Waals surface area contributed by atoms with Crippen molar-refractivity contribution in [1.29, 1.82) is 0 Å². The third-order valence-corrected chi connectivity index (χ3v) is 7.73. The molecule has 182 valence electrons. The molecule has 0 aromatic carbocycles. The van der Waals surface area contributed by atoms with E-state index in [9.17, 15) is 14.7 Å². The number of aliphatic hydroxyl groups excluding tert-OH is 1. The molecule has 0 bridgehead atoms. The van der Waals surface area contributed by atoms with Gasteiger partial charge < -0.3 is 19.8 Å². The monoisotopic (exact) mass is 475 g/mol. The molecule has 6 nitrogen and oxygen atoms in total. The fourth-order valence-electron chi connectivity index (χ4n) is 4.88. The predicted molar refractivity (Wildman–Crippen MR) is 131 cm³/mol. The molecule has 2 N–H and O–H groups in total. The second-order valence-corrected chi connectivity index (χ2v) is 10.8. The third-order valence-electron chi connectivity index (χ3n) is 6.71. The van der Waals surface area contributed by atoms with Crippen LogP contribution in [0.5, 0.6) is 0 Å². The molecule has 1 heterocycles. The van der Waals surface area contributed by atoms with Gasteiger partial charge in [-0.2, -0.15) is 0 Å². The zero-order valence-corrected chi connectivity index (χ0v) is 20.8. The number of carbonyl (C=O) groups is 2. The molecule has 2 fully saturated rings. The number of anilines is 1. The summed E-state index contributed by atoms with van der Waals surface area (Å²) in [6, 6.07) is 1.76. The smallest absolute Gasteiger partial charge is 0.348 e. The number of aromatic carboxylic acids is 1. The van der Waals surface area contributed by atoms with Crippen LogP contribution in [-0.2, 0) is 9.53 Å². The highest BCUT2D eigenvalue weighted by molar-refractivity contribution is 7.15. The number of ether oxygens (including phenoxy) is 1. The molecule has 0 saturated heterocycles. The Morgan fingerprint density at radius 1 is 1.15 bits per heavy atom. The van der Waals surface area contributed by atoms with Crippen molar-refractivity contribution in [3.8, 4) is 11.8 Å². The quantitative estimate of drug-likeness (QED) is 0.546. The Morgan fingerprint density at radius 3 is 2.39 bits per heavy atom. The summed E-state index contributed by atoms with van der Waals surface area (Å²) in [6.07, 6.45) is 6.97. The van der Waals surface area contributed by atoms with Crippen molar-refractivity contribution in [3.05, 3.63) is 15.8 Å². The minimum absolute atomic E-state index is 0.00169. The predicted octanol–water partition coefficient (Wildman–Crippen LogP) is 4.93. The normalized spacial score (nSPS) is 25.4. The number of hydrogen-bond acceptors (Lipinski definition) is 5. The molecule has 0 unspecified atom stereocenters. The molecule has 7 heteroatoms. The number of rotatable bonds is 7. The maximum absolute atomic E-state index is 13.8. The summed E-state index contributed by atoms with van der Waals surface area (Å²) in [7, 11) is 0. The van der Waals surface area contributed by atoms with Crippen LogP contribution in [0.15, 0.2) is 6.07 Å². The largest absolute Gasteiger partial charge is 0.477 e. The van der Waals surface area contributed by atoms with Crippen LogP contribution in [-0.4, -0.2) is 47.4 Å². The summed E-state index contributed by atoms with van der Waals surface area (Å²) in [6.45, 7) is 6.55. The van der Waals surface area contributed by atoms with Gasteiger partial charge in [-0.25, -0.2) is 4.79 Å². The average Bonchev–Trinajstić information content (AvgIpc) is 3.22. The number of carboxylic acid groups (broad SMARTS) is 1.